The fourth-order valence-electron chi connectivity index (χ4n) is 2.09. The molecule has 66 valence electrons. The van der Waals surface area contributed by atoms with Crippen LogP contribution in [-0.2, 0) is 0 Å². The van der Waals surface area contributed by atoms with Crippen molar-refractivity contribution in [3.05, 3.63) is 0 Å². The molecule has 1 fully saturated rings. The molecule has 0 bridgehead atoms. The summed E-state index contributed by atoms with van der Waals surface area (Å²) in [6.45, 7) is 10.6. The summed E-state index contributed by atoms with van der Waals surface area (Å²) >= 11 is 0. The SMILES string of the molecule is CC(C)C(C)C1CCNC1C. The predicted molar refractivity (Wildman–Crippen MR) is 49.6 cm³/mol. The van der Waals surface area contributed by atoms with Crippen molar-refractivity contribution in [2.75, 3.05) is 6.54 Å². The summed E-state index contributed by atoms with van der Waals surface area (Å²) in [6, 6.07) is 0.743. The zero-order valence-electron chi connectivity index (χ0n) is 8.22. The smallest absolute Gasteiger partial charge is 0.00701 e. The molecule has 1 rings (SSSR count). The maximum atomic E-state index is 3.51. The second-order valence-electron chi connectivity index (χ2n) is 4.30. The van der Waals surface area contributed by atoms with Gasteiger partial charge in [-0.3, -0.25) is 0 Å². The van der Waals surface area contributed by atoms with Gasteiger partial charge in [-0.15, -0.1) is 0 Å². The molecule has 0 spiro atoms. The van der Waals surface area contributed by atoms with Gasteiger partial charge in [0.15, 0.2) is 0 Å². The fraction of sp³-hybridized carbons (Fsp3) is 1.00. The van der Waals surface area contributed by atoms with Gasteiger partial charge in [0, 0.05) is 6.04 Å². The van der Waals surface area contributed by atoms with Gasteiger partial charge in [-0.2, -0.15) is 0 Å². The van der Waals surface area contributed by atoms with E-state index in [-0.39, 0.29) is 0 Å². The molecule has 1 heterocycles. The normalized spacial score (nSPS) is 34.6. The van der Waals surface area contributed by atoms with Crippen molar-refractivity contribution in [1.82, 2.24) is 5.32 Å². The Kier molecular flexibility index (Phi) is 2.94. The van der Waals surface area contributed by atoms with Gasteiger partial charge in [0.1, 0.15) is 0 Å². The summed E-state index contributed by atoms with van der Waals surface area (Å²) in [6.07, 6.45) is 1.38. The van der Waals surface area contributed by atoms with Crippen LogP contribution in [-0.4, -0.2) is 12.6 Å². The van der Waals surface area contributed by atoms with Gasteiger partial charge in [0.25, 0.3) is 0 Å². The Hall–Kier alpha value is -0.0400. The zero-order chi connectivity index (χ0) is 8.43. The minimum atomic E-state index is 0.743. The maximum Gasteiger partial charge on any atom is 0.00701 e. The molecule has 3 unspecified atom stereocenters. The van der Waals surface area contributed by atoms with E-state index in [0.29, 0.717) is 0 Å². The molecular formula is C10H21N. The first kappa shape index (κ1) is 9.05. The average Bonchev–Trinajstić information content (AvgIpc) is 2.33. The van der Waals surface area contributed by atoms with Crippen LogP contribution in [0.1, 0.15) is 34.1 Å². The largest absolute Gasteiger partial charge is 0.314 e. The summed E-state index contributed by atoms with van der Waals surface area (Å²) in [5.74, 6) is 2.62. The lowest BCUT2D eigenvalue weighted by Gasteiger charge is -2.25. The highest BCUT2D eigenvalue weighted by Gasteiger charge is 2.29. The lowest BCUT2D eigenvalue weighted by Crippen LogP contribution is -2.28. The van der Waals surface area contributed by atoms with E-state index in [0.717, 1.165) is 23.8 Å². The topological polar surface area (TPSA) is 12.0 Å². The molecule has 0 aromatic heterocycles. The molecule has 0 aromatic rings. The van der Waals surface area contributed by atoms with Gasteiger partial charge < -0.3 is 5.32 Å². The first-order valence-corrected chi connectivity index (χ1v) is 4.86. The molecular weight excluding hydrogens is 134 g/mol. The summed E-state index contributed by atoms with van der Waals surface area (Å²) in [4.78, 5) is 0. The van der Waals surface area contributed by atoms with Crippen LogP contribution < -0.4 is 5.32 Å². The lowest BCUT2D eigenvalue weighted by atomic mass is 9.81. The molecule has 0 aliphatic carbocycles. The third-order valence-electron chi connectivity index (χ3n) is 3.31. The Labute approximate surface area is 70.6 Å². The molecule has 1 nitrogen and oxygen atoms in total. The minimum Gasteiger partial charge on any atom is -0.314 e. The fourth-order valence-corrected chi connectivity index (χ4v) is 2.09. The van der Waals surface area contributed by atoms with Crippen molar-refractivity contribution in [3.63, 3.8) is 0 Å². The van der Waals surface area contributed by atoms with Crippen molar-refractivity contribution in [3.8, 4) is 0 Å². The van der Waals surface area contributed by atoms with Crippen LogP contribution in [0.2, 0.25) is 0 Å². The second kappa shape index (κ2) is 3.57. The van der Waals surface area contributed by atoms with Crippen LogP contribution in [0.5, 0.6) is 0 Å². The highest BCUT2D eigenvalue weighted by atomic mass is 14.9. The van der Waals surface area contributed by atoms with E-state index in [4.69, 9.17) is 0 Å². The average molecular weight is 155 g/mol. The number of nitrogens with one attached hydrogen (secondary N) is 1. The maximum absolute atomic E-state index is 3.51. The van der Waals surface area contributed by atoms with Gasteiger partial charge >= 0.3 is 0 Å². The van der Waals surface area contributed by atoms with E-state index in [1.807, 2.05) is 0 Å². The van der Waals surface area contributed by atoms with Crippen LogP contribution in [0.25, 0.3) is 0 Å². The Bertz CT molecular complexity index is 120. The monoisotopic (exact) mass is 155 g/mol. The van der Waals surface area contributed by atoms with Gasteiger partial charge in [-0.1, -0.05) is 20.8 Å². The van der Waals surface area contributed by atoms with E-state index >= 15 is 0 Å². The first-order valence-electron chi connectivity index (χ1n) is 4.86. The summed E-state index contributed by atoms with van der Waals surface area (Å²) in [5.41, 5.74) is 0. The van der Waals surface area contributed by atoms with E-state index < -0.39 is 0 Å². The van der Waals surface area contributed by atoms with Gasteiger partial charge in [-0.05, 0) is 37.6 Å². The molecule has 1 heteroatoms. The van der Waals surface area contributed by atoms with Crippen LogP contribution in [0.15, 0.2) is 0 Å². The molecule has 0 radical (unpaired) electrons. The zero-order valence-corrected chi connectivity index (χ0v) is 8.22. The molecule has 0 amide bonds. The van der Waals surface area contributed by atoms with Crippen LogP contribution >= 0.6 is 0 Å². The third kappa shape index (κ3) is 1.96. The standard InChI is InChI=1S/C10H21N/c1-7(2)8(3)10-5-6-11-9(10)4/h7-11H,5-6H2,1-4H3. The van der Waals surface area contributed by atoms with Gasteiger partial charge in [0.2, 0.25) is 0 Å². The molecule has 1 N–H and O–H groups in total. The first-order chi connectivity index (χ1) is 5.13. The lowest BCUT2D eigenvalue weighted by molar-refractivity contribution is 0.261. The molecule has 11 heavy (non-hydrogen) atoms. The third-order valence-corrected chi connectivity index (χ3v) is 3.31. The molecule has 0 saturated carbocycles. The van der Waals surface area contributed by atoms with Crippen LogP contribution in [0.4, 0.5) is 0 Å². The van der Waals surface area contributed by atoms with Gasteiger partial charge in [-0.25, -0.2) is 0 Å². The summed E-state index contributed by atoms with van der Waals surface area (Å²) in [5, 5.41) is 3.51. The van der Waals surface area contributed by atoms with E-state index in [2.05, 4.69) is 33.0 Å². The van der Waals surface area contributed by atoms with Crippen LogP contribution in [0.3, 0.4) is 0 Å². The Morgan fingerprint density at radius 3 is 2.27 bits per heavy atom. The molecule has 1 aliphatic heterocycles. The van der Waals surface area contributed by atoms with Crippen molar-refractivity contribution in [1.29, 1.82) is 0 Å². The van der Waals surface area contributed by atoms with E-state index in [1.54, 1.807) is 0 Å². The van der Waals surface area contributed by atoms with E-state index in [9.17, 15) is 0 Å². The number of hydrogen-bond donors (Lipinski definition) is 1. The van der Waals surface area contributed by atoms with Crippen molar-refractivity contribution < 1.29 is 0 Å². The molecule has 3 atom stereocenters. The Balaban J connectivity index is 2.45. The van der Waals surface area contributed by atoms with Crippen molar-refractivity contribution >= 4 is 0 Å². The molecule has 0 aromatic carbocycles. The quantitative estimate of drug-likeness (QED) is 0.645. The highest BCUT2D eigenvalue weighted by molar-refractivity contribution is 4.84. The van der Waals surface area contributed by atoms with E-state index in [1.165, 1.54) is 13.0 Å². The summed E-state index contributed by atoms with van der Waals surface area (Å²) in [7, 11) is 0. The predicted octanol–water partition coefficient (Wildman–Crippen LogP) is 2.28. The van der Waals surface area contributed by atoms with Crippen molar-refractivity contribution in [2.45, 2.75) is 40.2 Å². The molecule has 1 aliphatic rings. The summed E-state index contributed by atoms with van der Waals surface area (Å²) < 4.78 is 0. The Morgan fingerprint density at radius 1 is 1.27 bits per heavy atom. The van der Waals surface area contributed by atoms with Gasteiger partial charge in [0.05, 0.1) is 0 Å². The highest BCUT2D eigenvalue weighted by Crippen LogP contribution is 2.28. The molecule has 1 saturated heterocycles. The van der Waals surface area contributed by atoms with Crippen LogP contribution in [0, 0.1) is 17.8 Å². The Morgan fingerprint density at radius 2 is 1.91 bits per heavy atom. The number of hydrogen-bond acceptors (Lipinski definition) is 1. The number of rotatable bonds is 2. The van der Waals surface area contributed by atoms with Crippen molar-refractivity contribution in [2.24, 2.45) is 17.8 Å². The minimum absolute atomic E-state index is 0.743. The second-order valence-corrected chi connectivity index (χ2v) is 4.30.